The standard InChI is InChI=1S/C23H16BrN3O4/c1-26-9-13(12-5-2-3-7-16(12)26)20-21(23(31)25-22(20)30)14-10-27(11-18(28)29)17-8-4-6-15(24)19(14)17/h2-10H,11H2,1H3,(H,28,29)(H,25,30,31). The number of rotatable bonds is 4. The number of amides is 2. The Morgan fingerprint density at radius 3 is 2.39 bits per heavy atom. The number of para-hydroxylation sites is 1. The number of imide groups is 1. The number of hydrogen-bond acceptors (Lipinski definition) is 3. The van der Waals surface area contributed by atoms with E-state index in [1.54, 1.807) is 22.9 Å². The van der Waals surface area contributed by atoms with Crippen molar-refractivity contribution in [2.75, 3.05) is 0 Å². The minimum atomic E-state index is -1.00. The van der Waals surface area contributed by atoms with Crippen LogP contribution in [0.5, 0.6) is 0 Å². The van der Waals surface area contributed by atoms with Gasteiger partial charge in [0, 0.05) is 51.3 Å². The summed E-state index contributed by atoms with van der Waals surface area (Å²) < 4.78 is 4.19. The molecule has 0 radical (unpaired) electrons. The van der Waals surface area contributed by atoms with Gasteiger partial charge in [-0.05, 0) is 18.2 Å². The number of aromatic nitrogens is 2. The minimum absolute atomic E-state index is 0.238. The van der Waals surface area contributed by atoms with Gasteiger partial charge in [0.25, 0.3) is 11.8 Å². The highest BCUT2D eigenvalue weighted by Gasteiger charge is 2.35. The second-order valence-corrected chi connectivity index (χ2v) is 8.26. The smallest absolute Gasteiger partial charge is 0.323 e. The van der Waals surface area contributed by atoms with E-state index in [9.17, 15) is 19.5 Å². The molecular weight excluding hydrogens is 462 g/mol. The average Bonchev–Trinajstić information content (AvgIpc) is 3.34. The summed E-state index contributed by atoms with van der Waals surface area (Å²) in [4.78, 5) is 37.3. The maximum Gasteiger partial charge on any atom is 0.323 e. The van der Waals surface area contributed by atoms with Gasteiger partial charge in [-0.3, -0.25) is 19.7 Å². The van der Waals surface area contributed by atoms with Crippen LogP contribution in [0.1, 0.15) is 11.1 Å². The van der Waals surface area contributed by atoms with Crippen LogP contribution in [0.3, 0.4) is 0 Å². The van der Waals surface area contributed by atoms with E-state index in [1.807, 2.05) is 48.1 Å². The quantitative estimate of drug-likeness (QED) is 0.439. The third kappa shape index (κ3) is 2.90. The molecular formula is C23H16BrN3O4. The van der Waals surface area contributed by atoms with E-state index < -0.39 is 17.8 Å². The molecule has 31 heavy (non-hydrogen) atoms. The van der Waals surface area contributed by atoms with Gasteiger partial charge in [-0.2, -0.15) is 0 Å². The molecule has 0 saturated carbocycles. The number of aryl methyl sites for hydroxylation is 1. The summed E-state index contributed by atoms with van der Waals surface area (Å²) in [6, 6.07) is 13.1. The largest absolute Gasteiger partial charge is 0.480 e. The van der Waals surface area contributed by atoms with E-state index in [0.717, 1.165) is 10.9 Å². The Balaban J connectivity index is 1.87. The Morgan fingerprint density at radius 2 is 1.65 bits per heavy atom. The number of halogens is 1. The second kappa shape index (κ2) is 6.95. The maximum absolute atomic E-state index is 13.0. The molecule has 5 rings (SSSR count). The van der Waals surface area contributed by atoms with Crippen LogP contribution in [-0.4, -0.2) is 32.0 Å². The van der Waals surface area contributed by atoms with Crippen molar-refractivity contribution >= 4 is 66.7 Å². The molecule has 0 spiro atoms. The minimum Gasteiger partial charge on any atom is -0.480 e. The van der Waals surface area contributed by atoms with Gasteiger partial charge in [0.2, 0.25) is 0 Å². The Bertz CT molecular complexity index is 1480. The van der Waals surface area contributed by atoms with Gasteiger partial charge >= 0.3 is 5.97 Å². The summed E-state index contributed by atoms with van der Waals surface area (Å²) >= 11 is 3.53. The molecule has 0 saturated heterocycles. The summed E-state index contributed by atoms with van der Waals surface area (Å²) in [7, 11) is 1.88. The third-order valence-corrected chi connectivity index (χ3v) is 6.19. The Kier molecular flexibility index (Phi) is 4.33. The zero-order valence-electron chi connectivity index (χ0n) is 16.3. The highest BCUT2D eigenvalue weighted by molar-refractivity contribution is 9.10. The van der Waals surface area contributed by atoms with Crippen molar-refractivity contribution in [2.24, 2.45) is 7.05 Å². The lowest BCUT2D eigenvalue weighted by Crippen LogP contribution is -2.22. The number of nitrogens with zero attached hydrogens (tertiary/aromatic N) is 2. The summed E-state index contributed by atoms with van der Waals surface area (Å²) in [5.41, 5.74) is 3.28. The Morgan fingerprint density at radius 1 is 0.968 bits per heavy atom. The molecule has 0 atom stereocenters. The van der Waals surface area contributed by atoms with Gasteiger partial charge in [-0.15, -0.1) is 0 Å². The number of hydrogen-bond donors (Lipinski definition) is 2. The predicted octanol–water partition coefficient (Wildman–Crippen LogP) is 3.55. The van der Waals surface area contributed by atoms with Gasteiger partial charge in [-0.25, -0.2) is 0 Å². The lowest BCUT2D eigenvalue weighted by Gasteiger charge is -2.04. The molecule has 4 aromatic rings. The fraction of sp³-hybridized carbons (Fsp3) is 0.0870. The normalized spacial score (nSPS) is 14.1. The van der Waals surface area contributed by atoms with Gasteiger partial charge < -0.3 is 14.2 Å². The van der Waals surface area contributed by atoms with Crippen molar-refractivity contribution in [2.45, 2.75) is 6.54 Å². The topological polar surface area (TPSA) is 93.3 Å². The number of carboxylic acid groups (broad SMARTS) is 1. The summed E-state index contributed by atoms with van der Waals surface area (Å²) in [6.07, 6.45) is 3.46. The Hall–Kier alpha value is -3.65. The van der Waals surface area contributed by atoms with Crippen LogP contribution in [0.15, 0.2) is 59.3 Å². The van der Waals surface area contributed by atoms with E-state index in [4.69, 9.17) is 0 Å². The molecule has 1 aliphatic rings. The number of nitrogens with one attached hydrogen (secondary N) is 1. The molecule has 1 aliphatic heterocycles. The van der Waals surface area contributed by atoms with E-state index in [2.05, 4.69) is 21.2 Å². The molecule has 0 aliphatic carbocycles. The van der Waals surface area contributed by atoms with Crippen LogP contribution in [0.25, 0.3) is 33.0 Å². The third-order valence-electron chi connectivity index (χ3n) is 5.53. The van der Waals surface area contributed by atoms with Crippen LogP contribution in [-0.2, 0) is 28.0 Å². The first-order valence-corrected chi connectivity index (χ1v) is 10.3. The molecule has 8 heteroatoms. The molecule has 2 aromatic carbocycles. The highest BCUT2D eigenvalue weighted by atomic mass is 79.9. The average molecular weight is 478 g/mol. The number of carbonyl (C=O) groups is 3. The summed E-state index contributed by atoms with van der Waals surface area (Å²) in [6.45, 7) is -0.264. The van der Waals surface area contributed by atoms with Gasteiger partial charge in [0.05, 0.1) is 16.7 Å². The molecule has 2 aromatic heterocycles. The first-order valence-electron chi connectivity index (χ1n) is 9.50. The van der Waals surface area contributed by atoms with Gasteiger partial charge in [-0.1, -0.05) is 40.2 Å². The fourth-order valence-corrected chi connectivity index (χ4v) is 4.85. The zero-order valence-corrected chi connectivity index (χ0v) is 17.9. The zero-order chi connectivity index (χ0) is 21.9. The van der Waals surface area contributed by atoms with E-state index >= 15 is 0 Å². The van der Waals surface area contributed by atoms with Crippen LogP contribution >= 0.6 is 15.9 Å². The number of carboxylic acids is 1. The highest BCUT2D eigenvalue weighted by Crippen LogP contribution is 2.40. The molecule has 154 valence electrons. The van der Waals surface area contributed by atoms with Crippen molar-refractivity contribution in [3.8, 4) is 0 Å². The van der Waals surface area contributed by atoms with E-state index in [0.29, 0.717) is 26.5 Å². The summed E-state index contributed by atoms with van der Waals surface area (Å²) in [5, 5.41) is 13.3. The SMILES string of the molecule is Cn1cc(C2=C(c3cn(CC(=O)O)c4cccc(Br)c34)C(=O)NC2=O)c2ccccc21. The molecule has 2 N–H and O–H groups in total. The second-order valence-electron chi connectivity index (χ2n) is 7.40. The van der Waals surface area contributed by atoms with Crippen molar-refractivity contribution in [1.82, 2.24) is 14.5 Å². The first-order chi connectivity index (χ1) is 14.9. The number of benzene rings is 2. The van der Waals surface area contributed by atoms with Crippen LogP contribution in [0.2, 0.25) is 0 Å². The van der Waals surface area contributed by atoms with Crippen molar-refractivity contribution in [1.29, 1.82) is 0 Å². The predicted molar refractivity (Wildman–Crippen MR) is 120 cm³/mol. The monoisotopic (exact) mass is 477 g/mol. The van der Waals surface area contributed by atoms with Gasteiger partial charge in [0.15, 0.2) is 0 Å². The number of fused-ring (bicyclic) bond motifs is 2. The van der Waals surface area contributed by atoms with Crippen LogP contribution in [0, 0.1) is 0 Å². The molecule has 2 amide bonds. The van der Waals surface area contributed by atoms with Crippen molar-refractivity contribution in [3.63, 3.8) is 0 Å². The molecule has 3 heterocycles. The molecule has 0 unspecified atom stereocenters. The summed E-state index contributed by atoms with van der Waals surface area (Å²) in [5.74, 6) is -1.97. The Labute approximate surface area is 184 Å². The molecule has 0 bridgehead atoms. The number of carbonyl (C=O) groups excluding carboxylic acids is 2. The van der Waals surface area contributed by atoms with Crippen LogP contribution < -0.4 is 5.32 Å². The van der Waals surface area contributed by atoms with E-state index in [-0.39, 0.29) is 17.7 Å². The van der Waals surface area contributed by atoms with Crippen molar-refractivity contribution in [3.05, 3.63) is 70.5 Å². The first kappa shape index (κ1) is 19.3. The lowest BCUT2D eigenvalue weighted by molar-refractivity contribution is -0.137. The fourth-order valence-electron chi connectivity index (χ4n) is 4.28. The van der Waals surface area contributed by atoms with E-state index in [1.165, 1.54) is 0 Å². The van der Waals surface area contributed by atoms with Gasteiger partial charge in [0.1, 0.15) is 6.54 Å². The maximum atomic E-state index is 13.0. The molecule has 7 nitrogen and oxygen atoms in total. The molecule has 0 fully saturated rings. The number of aliphatic carboxylic acids is 1. The van der Waals surface area contributed by atoms with Crippen LogP contribution in [0.4, 0.5) is 0 Å². The van der Waals surface area contributed by atoms with Crippen molar-refractivity contribution < 1.29 is 19.5 Å². The lowest BCUT2D eigenvalue weighted by atomic mass is 9.95.